The summed E-state index contributed by atoms with van der Waals surface area (Å²) < 4.78 is 0. The minimum atomic E-state index is 0.514. The summed E-state index contributed by atoms with van der Waals surface area (Å²) in [6.45, 7) is 1.15. The number of para-hydroxylation sites is 1. The normalized spacial score (nSPS) is 18.2. The Morgan fingerprint density at radius 1 is 1.29 bits per heavy atom. The van der Waals surface area contributed by atoms with Crippen molar-refractivity contribution in [3.8, 4) is 0 Å². The molecular formula is C15H20N2. The molecule has 1 fully saturated rings. The van der Waals surface area contributed by atoms with Crippen LogP contribution < -0.4 is 5.32 Å². The fourth-order valence-corrected chi connectivity index (χ4v) is 3.15. The molecule has 2 N–H and O–H groups in total. The number of aromatic amines is 1. The molecule has 0 radical (unpaired) electrons. The Balaban J connectivity index is 1.89. The van der Waals surface area contributed by atoms with E-state index in [1.54, 1.807) is 0 Å². The van der Waals surface area contributed by atoms with Crippen LogP contribution in [-0.4, -0.2) is 18.6 Å². The van der Waals surface area contributed by atoms with Gasteiger partial charge in [0.15, 0.2) is 0 Å². The first-order chi connectivity index (χ1) is 8.33. The number of fused-ring (bicyclic) bond motifs is 1. The lowest BCUT2D eigenvalue weighted by molar-refractivity contribution is 0.134. The van der Waals surface area contributed by atoms with Crippen LogP contribution >= 0.6 is 0 Å². The van der Waals surface area contributed by atoms with E-state index in [-0.39, 0.29) is 0 Å². The molecule has 1 heterocycles. The summed E-state index contributed by atoms with van der Waals surface area (Å²) >= 11 is 0. The highest BCUT2D eigenvalue weighted by Crippen LogP contribution is 2.44. The molecule has 0 saturated heterocycles. The van der Waals surface area contributed by atoms with Crippen molar-refractivity contribution in [3.05, 3.63) is 36.0 Å². The molecule has 1 aromatic carbocycles. The Kier molecular flexibility index (Phi) is 2.67. The van der Waals surface area contributed by atoms with Gasteiger partial charge in [0.1, 0.15) is 0 Å². The van der Waals surface area contributed by atoms with E-state index in [9.17, 15) is 0 Å². The lowest BCUT2D eigenvalue weighted by Gasteiger charge is -2.42. The molecular weight excluding hydrogens is 208 g/mol. The maximum atomic E-state index is 3.38. The number of aromatic nitrogens is 1. The first-order valence-electron chi connectivity index (χ1n) is 6.53. The number of hydrogen-bond acceptors (Lipinski definition) is 1. The van der Waals surface area contributed by atoms with Crippen molar-refractivity contribution in [1.29, 1.82) is 0 Å². The summed E-state index contributed by atoms with van der Waals surface area (Å²) in [7, 11) is 2.06. The van der Waals surface area contributed by atoms with Gasteiger partial charge >= 0.3 is 0 Å². The van der Waals surface area contributed by atoms with Gasteiger partial charge in [0.25, 0.3) is 0 Å². The Labute approximate surface area is 102 Å². The van der Waals surface area contributed by atoms with Crippen molar-refractivity contribution in [2.24, 2.45) is 5.41 Å². The van der Waals surface area contributed by atoms with Crippen molar-refractivity contribution in [3.63, 3.8) is 0 Å². The van der Waals surface area contributed by atoms with Crippen LogP contribution in [-0.2, 0) is 6.42 Å². The van der Waals surface area contributed by atoms with E-state index in [4.69, 9.17) is 0 Å². The van der Waals surface area contributed by atoms with E-state index >= 15 is 0 Å². The Bertz CT molecular complexity index is 508. The van der Waals surface area contributed by atoms with Crippen molar-refractivity contribution < 1.29 is 0 Å². The van der Waals surface area contributed by atoms with Crippen LogP contribution in [0.3, 0.4) is 0 Å². The number of hydrogen-bond donors (Lipinski definition) is 2. The van der Waals surface area contributed by atoms with E-state index in [0.717, 1.165) is 6.54 Å². The van der Waals surface area contributed by atoms with Gasteiger partial charge in [0.2, 0.25) is 0 Å². The van der Waals surface area contributed by atoms with Crippen LogP contribution in [0.4, 0.5) is 0 Å². The van der Waals surface area contributed by atoms with Crippen LogP contribution in [0.5, 0.6) is 0 Å². The smallest absolute Gasteiger partial charge is 0.0456 e. The molecule has 1 saturated carbocycles. The maximum absolute atomic E-state index is 3.38. The SMILES string of the molecule is CNCC1(Cc2c[nH]c3ccccc23)CCC1. The number of rotatable bonds is 4. The van der Waals surface area contributed by atoms with Crippen LogP contribution in [0.25, 0.3) is 10.9 Å². The molecule has 0 spiro atoms. The molecule has 0 unspecified atom stereocenters. The molecule has 3 rings (SSSR count). The molecule has 1 aliphatic rings. The van der Waals surface area contributed by atoms with Gasteiger partial charge in [0, 0.05) is 23.6 Å². The maximum Gasteiger partial charge on any atom is 0.0456 e. The molecule has 17 heavy (non-hydrogen) atoms. The standard InChI is InChI=1S/C15H20N2/c1-16-11-15(7-4-8-15)9-12-10-17-14-6-3-2-5-13(12)14/h2-3,5-6,10,16-17H,4,7-9,11H2,1H3. The van der Waals surface area contributed by atoms with Gasteiger partial charge in [-0.25, -0.2) is 0 Å². The second-order valence-corrected chi connectivity index (χ2v) is 5.42. The predicted molar refractivity (Wildman–Crippen MR) is 72.2 cm³/mol. The van der Waals surface area contributed by atoms with Crippen LogP contribution in [0, 0.1) is 5.41 Å². The Hall–Kier alpha value is -1.28. The summed E-state index contributed by atoms with van der Waals surface area (Å²) in [5.41, 5.74) is 3.26. The quantitative estimate of drug-likeness (QED) is 0.827. The first kappa shape index (κ1) is 10.8. The van der Waals surface area contributed by atoms with Gasteiger partial charge in [-0.1, -0.05) is 24.6 Å². The molecule has 2 nitrogen and oxygen atoms in total. The number of nitrogens with one attached hydrogen (secondary N) is 2. The monoisotopic (exact) mass is 228 g/mol. The summed E-state index contributed by atoms with van der Waals surface area (Å²) in [4.78, 5) is 3.38. The van der Waals surface area contributed by atoms with Crippen molar-refractivity contribution in [1.82, 2.24) is 10.3 Å². The highest BCUT2D eigenvalue weighted by molar-refractivity contribution is 5.83. The van der Waals surface area contributed by atoms with Crippen LogP contribution in [0.1, 0.15) is 24.8 Å². The third-order valence-corrected chi connectivity index (χ3v) is 4.21. The molecule has 2 aromatic rings. The number of H-pyrrole nitrogens is 1. The fourth-order valence-electron chi connectivity index (χ4n) is 3.15. The molecule has 2 heteroatoms. The van der Waals surface area contributed by atoms with Gasteiger partial charge in [-0.2, -0.15) is 0 Å². The van der Waals surface area contributed by atoms with Crippen molar-refractivity contribution >= 4 is 10.9 Å². The average Bonchev–Trinajstić information content (AvgIpc) is 2.70. The number of benzene rings is 1. The average molecular weight is 228 g/mol. The zero-order valence-electron chi connectivity index (χ0n) is 10.4. The minimum absolute atomic E-state index is 0.514. The fraction of sp³-hybridized carbons (Fsp3) is 0.467. The zero-order valence-corrected chi connectivity index (χ0v) is 10.4. The summed E-state index contributed by atoms with van der Waals surface area (Å²) in [6.07, 6.45) is 7.53. The summed E-state index contributed by atoms with van der Waals surface area (Å²) in [6, 6.07) is 8.61. The van der Waals surface area contributed by atoms with Gasteiger partial charge in [-0.3, -0.25) is 0 Å². The van der Waals surface area contributed by atoms with Crippen molar-refractivity contribution in [2.75, 3.05) is 13.6 Å². The molecule has 0 bridgehead atoms. The topological polar surface area (TPSA) is 27.8 Å². The van der Waals surface area contributed by atoms with E-state index in [1.807, 2.05) is 0 Å². The predicted octanol–water partition coefficient (Wildman–Crippen LogP) is 3.10. The first-order valence-corrected chi connectivity index (χ1v) is 6.53. The molecule has 0 aliphatic heterocycles. The molecule has 0 amide bonds. The lowest BCUT2D eigenvalue weighted by atomic mass is 9.65. The van der Waals surface area contributed by atoms with Gasteiger partial charge < -0.3 is 10.3 Å². The molecule has 0 atom stereocenters. The molecule has 1 aromatic heterocycles. The van der Waals surface area contributed by atoms with Gasteiger partial charge in [0.05, 0.1) is 0 Å². The second-order valence-electron chi connectivity index (χ2n) is 5.42. The molecule has 90 valence electrons. The van der Waals surface area contributed by atoms with E-state index < -0.39 is 0 Å². The Morgan fingerprint density at radius 2 is 2.12 bits per heavy atom. The van der Waals surface area contributed by atoms with Gasteiger partial charge in [-0.15, -0.1) is 0 Å². The third kappa shape index (κ3) is 1.87. The summed E-state index contributed by atoms with van der Waals surface area (Å²) in [5.74, 6) is 0. The second kappa shape index (κ2) is 4.19. The van der Waals surface area contributed by atoms with Crippen molar-refractivity contribution in [2.45, 2.75) is 25.7 Å². The van der Waals surface area contributed by atoms with E-state index in [2.05, 4.69) is 47.8 Å². The van der Waals surface area contributed by atoms with Gasteiger partial charge in [-0.05, 0) is 43.4 Å². The molecule has 1 aliphatic carbocycles. The zero-order chi connectivity index (χ0) is 11.7. The minimum Gasteiger partial charge on any atom is -0.361 e. The third-order valence-electron chi connectivity index (χ3n) is 4.21. The highest BCUT2D eigenvalue weighted by Gasteiger charge is 2.36. The van der Waals surface area contributed by atoms with Crippen LogP contribution in [0.15, 0.2) is 30.5 Å². The van der Waals surface area contributed by atoms with E-state index in [0.29, 0.717) is 5.41 Å². The van der Waals surface area contributed by atoms with E-state index in [1.165, 1.54) is 42.1 Å². The highest BCUT2D eigenvalue weighted by atomic mass is 14.8. The lowest BCUT2D eigenvalue weighted by Crippen LogP contribution is -2.40. The Morgan fingerprint density at radius 3 is 2.82 bits per heavy atom. The summed E-state index contributed by atoms with van der Waals surface area (Å²) in [5, 5.41) is 4.76. The van der Waals surface area contributed by atoms with Crippen LogP contribution in [0.2, 0.25) is 0 Å². The largest absolute Gasteiger partial charge is 0.361 e.